The lowest BCUT2D eigenvalue weighted by Gasteiger charge is -2.08. The van der Waals surface area contributed by atoms with Gasteiger partial charge in [-0.2, -0.15) is 0 Å². The second-order valence-electron chi connectivity index (χ2n) is 3.51. The lowest BCUT2D eigenvalue weighted by Crippen LogP contribution is -2.00. The normalized spacial score (nSPS) is 12.7. The molecule has 2 rings (SSSR count). The van der Waals surface area contributed by atoms with Crippen molar-refractivity contribution >= 4 is 23.2 Å². The van der Waals surface area contributed by atoms with E-state index >= 15 is 0 Å². The zero-order valence-corrected chi connectivity index (χ0v) is 10.1. The molecule has 1 aromatic heterocycles. The first-order valence-corrected chi connectivity index (χ1v) is 5.71. The largest absolute Gasteiger partial charge is 0.448 e. The third-order valence-corrected chi connectivity index (χ3v) is 2.92. The third-order valence-electron chi connectivity index (χ3n) is 2.35. The first kappa shape index (κ1) is 12.4. The summed E-state index contributed by atoms with van der Waals surface area (Å²) in [6.45, 7) is 0. The maximum atomic E-state index is 13.4. The van der Waals surface area contributed by atoms with Crippen LogP contribution < -0.4 is 0 Å². The van der Waals surface area contributed by atoms with Gasteiger partial charge in [-0.15, -0.1) is 11.6 Å². The standard InChI is InChI=1S/C12H8Cl2F2O/c13-8(11-4-5-12(14)17-11)6-7-9(15)2-1-3-10(7)16/h1-5,8H,6H2. The molecule has 5 heteroatoms. The van der Waals surface area contributed by atoms with E-state index in [0.29, 0.717) is 5.76 Å². The second kappa shape index (κ2) is 5.07. The van der Waals surface area contributed by atoms with E-state index < -0.39 is 17.0 Å². The molecular weight excluding hydrogens is 269 g/mol. The Labute approximate surface area is 107 Å². The summed E-state index contributed by atoms with van der Waals surface area (Å²) in [5.74, 6) is -0.846. The first-order valence-electron chi connectivity index (χ1n) is 4.90. The van der Waals surface area contributed by atoms with Gasteiger partial charge in [0.25, 0.3) is 0 Å². The van der Waals surface area contributed by atoms with Crippen molar-refractivity contribution in [1.82, 2.24) is 0 Å². The molecule has 0 spiro atoms. The Morgan fingerprint density at radius 2 is 1.76 bits per heavy atom. The van der Waals surface area contributed by atoms with Gasteiger partial charge in [-0.3, -0.25) is 0 Å². The number of benzene rings is 1. The summed E-state index contributed by atoms with van der Waals surface area (Å²) in [4.78, 5) is 0. The van der Waals surface area contributed by atoms with Gasteiger partial charge in [-0.1, -0.05) is 6.07 Å². The number of rotatable bonds is 3. The number of halogens is 4. The molecule has 1 nitrogen and oxygen atoms in total. The minimum absolute atomic E-state index is 0.00387. The van der Waals surface area contributed by atoms with Crippen molar-refractivity contribution in [3.8, 4) is 0 Å². The number of alkyl halides is 1. The van der Waals surface area contributed by atoms with Crippen LogP contribution in [0.3, 0.4) is 0 Å². The highest BCUT2D eigenvalue weighted by Gasteiger charge is 2.18. The molecule has 0 aliphatic rings. The Bertz CT molecular complexity index is 505. The lowest BCUT2D eigenvalue weighted by molar-refractivity contribution is 0.493. The minimum atomic E-state index is -0.658. The second-order valence-corrected chi connectivity index (χ2v) is 4.41. The average molecular weight is 277 g/mol. The van der Waals surface area contributed by atoms with E-state index in [4.69, 9.17) is 27.6 Å². The zero-order valence-electron chi connectivity index (χ0n) is 8.59. The van der Waals surface area contributed by atoms with Crippen LogP contribution in [0.5, 0.6) is 0 Å². The Morgan fingerprint density at radius 3 is 2.29 bits per heavy atom. The molecular formula is C12H8Cl2F2O. The highest BCUT2D eigenvalue weighted by Crippen LogP contribution is 2.29. The first-order chi connectivity index (χ1) is 8.08. The zero-order chi connectivity index (χ0) is 12.4. The maximum absolute atomic E-state index is 13.4. The maximum Gasteiger partial charge on any atom is 0.193 e. The predicted molar refractivity (Wildman–Crippen MR) is 62.4 cm³/mol. The molecule has 1 atom stereocenters. The fourth-order valence-corrected chi connectivity index (χ4v) is 1.93. The van der Waals surface area contributed by atoms with Crippen molar-refractivity contribution in [1.29, 1.82) is 0 Å². The molecule has 0 radical (unpaired) electrons. The van der Waals surface area contributed by atoms with E-state index in [-0.39, 0.29) is 17.2 Å². The van der Waals surface area contributed by atoms with E-state index in [9.17, 15) is 8.78 Å². The molecule has 0 amide bonds. The van der Waals surface area contributed by atoms with Crippen molar-refractivity contribution in [2.24, 2.45) is 0 Å². The molecule has 2 aromatic rings. The van der Waals surface area contributed by atoms with E-state index in [1.54, 1.807) is 6.07 Å². The Hall–Kier alpha value is -1.06. The van der Waals surface area contributed by atoms with Gasteiger partial charge in [-0.25, -0.2) is 8.78 Å². The summed E-state index contributed by atoms with van der Waals surface area (Å²) >= 11 is 11.6. The van der Waals surface area contributed by atoms with Crippen molar-refractivity contribution in [2.75, 3.05) is 0 Å². The SMILES string of the molecule is Fc1cccc(F)c1CC(Cl)c1ccc(Cl)o1. The molecule has 1 unspecified atom stereocenters. The molecule has 1 aromatic carbocycles. The molecule has 0 fully saturated rings. The molecule has 90 valence electrons. The molecule has 0 aliphatic carbocycles. The summed E-state index contributed by atoms with van der Waals surface area (Å²) in [5.41, 5.74) is -0.0555. The number of hydrogen-bond acceptors (Lipinski definition) is 1. The van der Waals surface area contributed by atoms with Crippen molar-refractivity contribution in [3.63, 3.8) is 0 Å². The van der Waals surface area contributed by atoms with Gasteiger partial charge in [0.05, 0.1) is 5.38 Å². The molecule has 1 heterocycles. The molecule has 0 saturated carbocycles. The summed E-state index contributed by atoms with van der Waals surface area (Å²) in [7, 11) is 0. The molecule has 17 heavy (non-hydrogen) atoms. The van der Waals surface area contributed by atoms with Crippen molar-refractivity contribution in [3.05, 3.63) is 58.5 Å². The summed E-state index contributed by atoms with van der Waals surface area (Å²) in [6, 6.07) is 6.80. The van der Waals surface area contributed by atoms with Crippen molar-refractivity contribution < 1.29 is 13.2 Å². The van der Waals surface area contributed by atoms with E-state index in [1.165, 1.54) is 24.3 Å². The quantitative estimate of drug-likeness (QED) is 0.739. The van der Waals surface area contributed by atoms with E-state index in [2.05, 4.69) is 0 Å². The van der Waals surface area contributed by atoms with Crippen LogP contribution in [0.1, 0.15) is 16.7 Å². The molecule has 0 saturated heterocycles. The highest BCUT2D eigenvalue weighted by atomic mass is 35.5. The van der Waals surface area contributed by atoms with Gasteiger partial charge in [0.1, 0.15) is 17.4 Å². The van der Waals surface area contributed by atoms with Gasteiger partial charge in [0.15, 0.2) is 5.22 Å². The fraction of sp³-hybridized carbons (Fsp3) is 0.167. The topological polar surface area (TPSA) is 13.1 Å². The van der Waals surface area contributed by atoms with Gasteiger partial charge in [0, 0.05) is 12.0 Å². The number of hydrogen-bond donors (Lipinski definition) is 0. The Kier molecular flexibility index (Phi) is 3.69. The van der Waals surface area contributed by atoms with Gasteiger partial charge < -0.3 is 4.42 Å². The van der Waals surface area contributed by atoms with Crippen LogP contribution in [0.4, 0.5) is 8.78 Å². The van der Waals surface area contributed by atoms with Crippen molar-refractivity contribution in [2.45, 2.75) is 11.8 Å². The van der Waals surface area contributed by atoms with E-state index in [0.717, 1.165) is 0 Å². The summed E-state index contributed by atoms with van der Waals surface area (Å²) in [6.07, 6.45) is 0.00387. The van der Waals surface area contributed by atoms with Crippen LogP contribution in [0.15, 0.2) is 34.7 Å². The average Bonchev–Trinajstić information content (AvgIpc) is 2.70. The lowest BCUT2D eigenvalue weighted by atomic mass is 10.1. The van der Waals surface area contributed by atoms with Crippen LogP contribution in [-0.2, 0) is 6.42 Å². The molecule has 0 aliphatic heterocycles. The highest BCUT2D eigenvalue weighted by molar-refractivity contribution is 6.29. The molecule has 0 N–H and O–H groups in total. The smallest absolute Gasteiger partial charge is 0.193 e. The van der Waals surface area contributed by atoms with Gasteiger partial charge >= 0.3 is 0 Å². The van der Waals surface area contributed by atoms with Crippen LogP contribution in [0.2, 0.25) is 5.22 Å². The monoisotopic (exact) mass is 276 g/mol. The summed E-state index contributed by atoms with van der Waals surface area (Å²) in [5, 5.41) is -0.464. The Morgan fingerprint density at radius 1 is 1.12 bits per heavy atom. The minimum Gasteiger partial charge on any atom is -0.448 e. The van der Waals surface area contributed by atoms with Crippen LogP contribution in [0, 0.1) is 11.6 Å². The fourth-order valence-electron chi connectivity index (χ4n) is 1.50. The summed E-state index contributed by atoms with van der Waals surface area (Å²) < 4.78 is 31.8. The van der Waals surface area contributed by atoms with E-state index in [1.807, 2.05) is 0 Å². The molecule has 0 bridgehead atoms. The van der Waals surface area contributed by atoms with Crippen LogP contribution >= 0.6 is 23.2 Å². The van der Waals surface area contributed by atoms with Gasteiger partial charge in [-0.05, 0) is 35.9 Å². The van der Waals surface area contributed by atoms with Crippen LogP contribution in [-0.4, -0.2) is 0 Å². The predicted octanol–water partition coefficient (Wildman–Crippen LogP) is 4.73. The Balaban J connectivity index is 2.21. The van der Waals surface area contributed by atoms with Gasteiger partial charge in [0.2, 0.25) is 0 Å². The number of furan rings is 1. The third kappa shape index (κ3) is 2.79. The van der Waals surface area contributed by atoms with Crippen LogP contribution in [0.25, 0.3) is 0 Å².